The predicted octanol–water partition coefficient (Wildman–Crippen LogP) is 0.801. The molecule has 1 unspecified atom stereocenters. The maximum absolute atomic E-state index is 13.1. The number of nitrogens with zero attached hydrogens (tertiary/aromatic N) is 2. The Hall–Kier alpha value is -3.43. The van der Waals surface area contributed by atoms with E-state index < -0.39 is 41.4 Å². The molecule has 2 fully saturated rings. The van der Waals surface area contributed by atoms with Gasteiger partial charge in [0.25, 0.3) is 11.8 Å². The third-order valence-electron chi connectivity index (χ3n) is 5.39. The lowest BCUT2D eigenvalue weighted by atomic mass is 10.0. The number of ether oxygens (including phenoxy) is 1. The van der Waals surface area contributed by atoms with Crippen LogP contribution in [0.3, 0.4) is 0 Å². The highest BCUT2D eigenvalue weighted by Gasteiger charge is 2.46. The summed E-state index contributed by atoms with van der Waals surface area (Å²) in [7, 11) is 0. The van der Waals surface area contributed by atoms with Gasteiger partial charge in [0.2, 0.25) is 11.8 Å². The van der Waals surface area contributed by atoms with Gasteiger partial charge in [0, 0.05) is 19.5 Å². The molecule has 1 aromatic rings. The number of amides is 5. The summed E-state index contributed by atoms with van der Waals surface area (Å²) >= 11 is 0. The fourth-order valence-electron chi connectivity index (χ4n) is 4.00. The Kier molecular flexibility index (Phi) is 4.95. The summed E-state index contributed by atoms with van der Waals surface area (Å²) in [4.78, 5) is 64.5. The Bertz CT molecular complexity index is 992. The lowest BCUT2D eigenvalue weighted by Crippen LogP contribution is -2.60. The Balaban J connectivity index is 1.48. The average Bonchev–Trinajstić information content (AvgIpc) is 2.88. The van der Waals surface area contributed by atoms with Gasteiger partial charge in [0.15, 0.2) is 0 Å². The number of benzene rings is 1. The summed E-state index contributed by atoms with van der Waals surface area (Å²) in [6, 6.07) is 3.82. The van der Waals surface area contributed by atoms with Gasteiger partial charge < -0.3 is 15.0 Å². The van der Waals surface area contributed by atoms with Crippen LogP contribution in [0.5, 0.6) is 0 Å². The molecule has 4 rings (SSSR count). The fraction of sp³-hybridized carbons (Fsp3) is 0.476. The van der Waals surface area contributed by atoms with E-state index in [0.717, 1.165) is 4.90 Å². The van der Waals surface area contributed by atoms with Crippen LogP contribution in [-0.4, -0.2) is 65.4 Å². The van der Waals surface area contributed by atoms with E-state index in [0.29, 0.717) is 18.8 Å². The van der Waals surface area contributed by atoms with Gasteiger partial charge in [-0.1, -0.05) is 6.07 Å². The zero-order chi connectivity index (χ0) is 22.5. The van der Waals surface area contributed by atoms with Gasteiger partial charge in [-0.2, -0.15) is 0 Å². The SMILES string of the molecule is CC(C)(C)OC(=O)NC1CN(c2cccc3c2C(=O)N(C2CCC(=O)NC2=O)C3=O)C1. The summed E-state index contributed by atoms with van der Waals surface area (Å²) in [6.07, 6.45) is -0.330. The van der Waals surface area contributed by atoms with Crippen molar-refractivity contribution >= 4 is 35.4 Å². The molecule has 0 bridgehead atoms. The maximum atomic E-state index is 13.1. The first-order valence-corrected chi connectivity index (χ1v) is 10.1. The molecule has 3 aliphatic rings. The Morgan fingerprint density at radius 3 is 2.48 bits per heavy atom. The molecule has 1 aromatic carbocycles. The van der Waals surface area contributed by atoms with Crippen LogP contribution in [-0.2, 0) is 14.3 Å². The van der Waals surface area contributed by atoms with Crippen LogP contribution in [0.15, 0.2) is 18.2 Å². The van der Waals surface area contributed by atoms with Gasteiger partial charge in [-0.3, -0.25) is 29.4 Å². The van der Waals surface area contributed by atoms with Crippen molar-refractivity contribution in [3.8, 4) is 0 Å². The van der Waals surface area contributed by atoms with E-state index in [1.165, 1.54) is 0 Å². The quantitative estimate of drug-likeness (QED) is 0.682. The normalized spacial score (nSPS) is 21.6. The molecule has 2 saturated heterocycles. The molecular formula is C21H24N4O6. The molecule has 3 aliphatic heterocycles. The molecule has 10 nitrogen and oxygen atoms in total. The van der Waals surface area contributed by atoms with E-state index in [1.807, 2.05) is 4.90 Å². The van der Waals surface area contributed by atoms with E-state index in [9.17, 15) is 24.0 Å². The zero-order valence-corrected chi connectivity index (χ0v) is 17.6. The highest BCUT2D eigenvalue weighted by Crippen LogP contribution is 2.35. The monoisotopic (exact) mass is 428 g/mol. The average molecular weight is 428 g/mol. The minimum absolute atomic E-state index is 0.0702. The van der Waals surface area contributed by atoms with Crippen LogP contribution in [0.1, 0.15) is 54.3 Å². The molecule has 0 aliphatic carbocycles. The molecule has 164 valence electrons. The van der Waals surface area contributed by atoms with Crippen molar-refractivity contribution in [2.45, 2.75) is 51.3 Å². The lowest BCUT2D eigenvalue weighted by molar-refractivity contribution is -0.136. The van der Waals surface area contributed by atoms with Gasteiger partial charge in [-0.15, -0.1) is 0 Å². The Morgan fingerprint density at radius 1 is 1.13 bits per heavy atom. The molecule has 0 saturated carbocycles. The molecule has 1 atom stereocenters. The predicted molar refractivity (Wildman–Crippen MR) is 108 cm³/mol. The van der Waals surface area contributed by atoms with Crippen LogP contribution >= 0.6 is 0 Å². The number of hydrogen-bond donors (Lipinski definition) is 2. The van der Waals surface area contributed by atoms with E-state index >= 15 is 0 Å². The number of carbonyl (C=O) groups is 5. The molecule has 31 heavy (non-hydrogen) atoms. The molecule has 10 heteroatoms. The number of alkyl carbamates (subject to hydrolysis) is 1. The van der Waals surface area contributed by atoms with Crippen LogP contribution < -0.4 is 15.5 Å². The molecular weight excluding hydrogens is 404 g/mol. The first-order chi connectivity index (χ1) is 14.5. The second kappa shape index (κ2) is 7.36. The zero-order valence-electron chi connectivity index (χ0n) is 17.6. The number of fused-ring (bicyclic) bond motifs is 1. The number of anilines is 1. The second-order valence-electron chi connectivity index (χ2n) is 8.90. The van der Waals surface area contributed by atoms with Crippen LogP contribution in [0, 0.1) is 0 Å². The van der Waals surface area contributed by atoms with Gasteiger partial charge in [-0.05, 0) is 39.3 Å². The minimum atomic E-state index is -1.00. The summed E-state index contributed by atoms with van der Waals surface area (Å²) in [5, 5.41) is 4.97. The minimum Gasteiger partial charge on any atom is -0.444 e. The number of hydrogen-bond acceptors (Lipinski definition) is 7. The number of piperidine rings is 1. The third kappa shape index (κ3) is 3.85. The van der Waals surface area contributed by atoms with E-state index in [1.54, 1.807) is 39.0 Å². The summed E-state index contributed by atoms with van der Waals surface area (Å²) in [5.41, 5.74) is 0.455. The molecule has 0 aromatic heterocycles. The topological polar surface area (TPSA) is 125 Å². The summed E-state index contributed by atoms with van der Waals surface area (Å²) < 4.78 is 5.25. The van der Waals surface area contributed by atoms with Crippen molar-refractivity contribution in [3.05, 3.63) is 29.3 Å². The molecule has 3 heterocycles. The summed E-state index contributed by atoms with van der Waals surface area (Å²) in [5.74, 6) is -2.14. The number of carbonyl (C=O) groups excluding carboxylic acids is 5. The van der Waals surface area contributed by atoms with E-state index in [2.05, 4.69) is 10.6 Å². The number of nitrogens with one attached hydrogen (secondary N) is 2. The van der Waals surface area contributed by atoms with Crippen LogP contribution in [0.2, 0.25) is 0 Å². The Morgan fingerprint density at radius 2 is 1.84 bits per heavy atom. The van der Waals surface area contributed by atoms with Gasteiger partial charge >= 0.3 is 6.09 Å². The highest BCUT2D eigenvalue weighted by atomic mass is 16.6. The molecule has 2 N–H and O–H groups in total. The lowest BCUT2D eigenvalue weighted by Gasteiger charge is -2.42. The summed E-state index contributed by atoms with van der Waals surface area (Å²) in [6.45, 7) is 6.25. The fourth-order valence-corrected chi connectivity index (χ4v) is 4.00. The van der Waals surface area contributed by atoms with Gasteiger partial charge in [0.1, 0.15) is 11.6 Å². The largest absolute Gasteiger partial charge is 0.444 e. The van der Waals surface area contributed by atoms with Crippen LogP contribution in [0.4, 0.5) is 10.5 Å². The molecule has 0 spiro atoms. The smallest absolute Gasteiger partial charge is 0.407 e. The van der Waals surface area contributed by atoms with E-state index in [-0.39, 0.29) is 30.0 Å². The number of rotatable bonds is 3. The van der Waals surface area contributed by atoms with Crippen molar-refractivity contribution in [2.24, 2.45) is 0 Å². The van der Waals surface area contributed by atoms with Crippen molar-refractivity contribution in [3.63, 3.8) is 0 Å². The van der Waals surface area contributed by atoms with Gasteiger partial charge in [-0.25, -0.2) is 4.79 Å². The van der Waals surface area contributed by atoms with Crippen molar-refractivity contribution in [1.29, 1.82) is 0 Å². The number of imide groups is 2. The standard InChI is InChI=1S/C21H24N4O6/c1-21(2,3)31-20(30)22-11-9-24(10-11)13-6-4-5-12-16(13)19(29)25(18(12)28)14-7-8-15(26)23-17(14)27/h4-6,11,14H,7-10H2,1-3H3,(H,22,30)(H,23,26,27). The van der Waals surface area contributed by atoms with Crippen molar-refractivity contribution in [1.82, 2.24) is 15.5 Å². The third-order valence-corrected chi connectivity index (χ3v) is 5.39. The first kappa shape index (κ1) is 20.8. The molecule has 0 radical (unpaired) electrons. The van der Waals surface area contributed by atoms with Crippen molar-refractivity contribution < 1.29 is 28.7 Å². The second-order valence-corrected chi connectivity index (χ2v) is 8.90. The highest BCUT2D eigenvalue weighted by molar-refractivity contribution is 6.25. The molecule has 5 amide bonds. The van der Waals surface area contributed by atoms with E-state index in [4.69, 9.17) is 4.74 Å². The first-order valence-electron chi connectivity index (χ1n) is 10.1. The van der Waals surface area contributed by atoms with Crippen molar-refractivity contribution in [2.75, 3.05) is 18.0 Å². The Labute approximate surface area is 178 Å². The van der Waals surface area contributed by atoms with Crippen LogP contribution in [0.25, 0.3) is 0 Å². The van der Waals surface area contributed by atoms with Gasteiger partial charge in [0.05, 0.1) is 22.9 Å². The maximum Gasteiger partial charge on any atom is 0.407 e.